The smallest absolute Gasteiger partial charge is 0.257 e. The molecule has 0 aliphatic heterocycles. The van der Waals surface area contributed by atoms with Crippen LogP contribution in [0.4, 0.5) is 10.1 Å². The van der Waals surface area contributed by atoms with Gasteiger partial charge in [0, 0.05) is 23.6 Å². The molecule has 0 aliphatic rings. The molecule has 2 aromatic carbocycles. The Kier molecular flexibility index (Phi) is 5.89. The zero-order chi connectivity index (χ0) is 19.1. The Morgan fingerprint density at radius 1 is 1.11 bits per heavy atom. The number of guanidine groups is 1. The number of pyridine rings is 1. The number of nitrogens with one attached hydrogen (secondary N) is 2. The lowest BCUT2D eigenvalue weighted by molar-refractivity contribution is 0.0977. The molecule has 5 nitrogen and oxygen atoms in total. The maximum absolute atomic E-state index is 13.5. The molecule has 2 N–H and O–H groups in total. The SMILES string of the molecule is Cc1cccc(C(=O)NC(=NCc2cccnc2)Nc2cccc(F)c2)c1. The van der Waals surface area contributed by atoms with E-state index < -0.39 is 0 Å². The normalized spacial score (nSPS) is 11.1. The van der Waals surface area contributed by atoms with Gasteiger partial charge in [0.15, 0.2) is 0 Å². The van der Waals surface area contributed by atoms with E-state index in [0.29, 0.717) is 17.8 Å². The van der Waals surface area contributed by atoms with Gasteiger partial charge in [0.05, 0.1) is 6.54 Å². The van der Waals surface area contributed by atoms with Crippen LogP contribution in [0.15, 0.2) is 78.0 Å². The maximum atomic E-state index is 13.5. The van der Waals surface area contributed by atoms with E-state index >= 15 is 0 Å². The van der Waals surface area contributed by atoms with E-state index in [1.54, 1.807) is 36.7 Å². The van der Waals surface area contributed by atoms with Crippen molar-refractivity contribution >= 4 is 17.6 Å². The van der Waals surface area contributed by atoms with Crippen LogP contribution in [0.3, 0.4) is 0 Å². The number of aryl methyl sites for hydroxylation is 1. The molecule has 1 heterocycles. The molecular weight excluding hydrogens is 343 g/mol. The number of aliphatic imine (C=N–C) groups is 1. The molecule has 0 radical (unpaired) electrons. The predicted molar refractivity (Wildman–Crippen MR) is 104 cm³/mol. The van der Waals surface area contributed by atoms with Gasteiger partial charge in [-0.1, -0.05) is 29.8 Å². The molecule has 0 aliphatic carbocycles. The average molecular weight is 362 g/mol. The fourth-order valence-electron chi connectivity index (χ4n) is 2.44. The largest absolute Gasteiger partial charge is 0.326 e. The summed E-state index contributed by atoms with van der Waals surface area (Å²) < 4.78 is 13.5. The first-order valence-corrected chi connectivity index (χ1v) is 8.44. The molecule has 136 valence electrons. The monoisotopic (exact) mass is 362 g/mol. The lowest BCUT2D eigenvalue weighted by Gasteiger charge is -2.12. The van der Waals surface area contributed by atoms with Crippen LogP contribution >= 0.6 is 0 Å². The number of nitrogens with zero attached hydrogens (tertiary/aromatic N) is 2. The summed E-state index contributed by atoms with van der Waals surface area (Å²) in [7, 11) is 0. The molecule has 0 saturated heterocycles. The Bertz CT molecular complexity index is 957. The van der Waals surface area contributed by atoms with E-state index in [1.807, 2.05) is 31.2 Å². The molecule has 1 amide bonds. The first-order valence-electron chi connectivity index (χ1n) is 8.44. The van der Waals surface area contributed by atoms with Crippen molar-refractivity contribution < 1.29 is 9.18 Å². The predicted octanol–water partition coefficient (Wildman–Crippen LogP) is 3.93. The highest BCUT2D eigenvalue weighted by atomic mass is 19.1. The molecule has 27 heavy (non-hydrogen) atoms. The summed E-state index contributed by atoms with van der Waals surface area (Å²) in [6, 6.07) is 16.9. The third-order valence-corrected chi connectivity index (χ3v) is 3.74. The van der Waals surface area contributed by atoms with Crippen LogP contribution in [-0.2, 0) is 6.54 Å². The van der Waals surface area contributed by atoms with Gasteiger partial charge in [0.1, 0.15) is 5.82 Å². The van der Waals surface area contributed by atoms with Gasteiger partial charge in [0.25, 0.3) is 5.91 Å². The van der Waals surface area contributed by atoms with Gasteiger partial charge in [0.2, 0.25) is 5.96 Å². The third kappa shape index (κ3) is 5.47. The standard InChI is InChI=1S/C21H19FN4O/c1-15-5-2-7-17(11-15)20(27)26-21(24-14-16-6-4-10-23-13-16)25-19-9-3-8-18(22)12-19/h2-13H,14H2,1H3,(H2,24,25,26,27). The summed E-state index contributed by atoms with van der Waals surface area (Å²) in [6.07, 6.45) is 3.38. The molecule has 3 rings (SSSR count). The van der Waals surface area contributed by atoms with E-state index in [0.717, 1.165) is 11.1 Å². The minimum atomic E-state index is -0.378. The molecular formula is C21H19FN4O. The summed E-state index contributed by atoms with van der Waals surface area (Å²) in [5.74, 6) is -0.444. The van der Waals surface area contributed by atoms with Crippen molar-refractivity contribution in [2.24, 2.45) is 4.99 Å². The topological polar surface area (TPSA) is 66.4 Å². The lowest BCUT2D eigenvalue weighted by atomic mass is 10.1. The number of halogens is 1. The second kappa shape index (κ2) is 8.71. The van der Waals surface area contributed by atoms with Gasteiger partial charge >= 0.3 is 0 Å². The number of carbonyl (C=O) groups is 1. The molecule has 0 atom stereocenters. The van der Waals surface area contributed by atoms with Crippen LogP contribution < -0.4 is 10.6 Å². The zero-order valence-electron chi connectivity index (χ0n) is 14.8. The lowest BCUT2D eigenvalue weighted by Crippen LogP contribution is -2.36. The fourth-order valence-corrected chi connectivity index (χ4v) is 2.44. The number of hydrogen-bond donors (Lipinski definition) is 2. The number of hydrogen-bond acceptors (Lipinski definition) is 3. The van der Waals surface area contributed by atoms with E-state index in [9.17, 15) is 9.18 Å². The van der Waals surface area contributed by atoms with Crippen molar-refractivity contribution in [3.05, 3.63) is 95.6 Å². The molecule has 0 saturated carbocycles. The van der Waals surface area contributed by atoms with Gasteiger partial charge in [-0.2, -0.15) is 0 Å². The first kappa shape index (κ1) is 18.3. The summed E-state index contributed by atoms with van der Waals surface area (Å²) in [4.78, 5) is 21.0. The molecule has 0 spiro atoms. The van der Waals surface area contributed by atoms with E-state index in [4.69, 9.17) is 0 Å². The highest BCUT2D eigenvalue weighted by Crippen LogP contribution is 2.10. The first-order chi connectivity index (χ1) is 13.1. The number of amides is 1. The minimum Gasteiger partial charge on any atom is -0.326 e. The summed E-state index contributed by atoms with van der Waals surface area (Å²) in [6.45, 7) is 2.23. The van der Waals surface area contributed by atoms with Crippen molar-refractivity contribution in [1.82, 2.24) is 10.3 Å². The zero-order valence-corrected chi connectivity index (χ0v) is 14.8. The molecule has 0 fully saturated rings. The summed E-state index contributed by atoms with van der Waals surface area (Å²) in [5.41, 5.74) is 2.88. The van der Waals surface area contributed by atoms with Crippen molar-refractivity contribution in [3.63, 3.8) is 0 Å². The number of aromatic nitrogens is 1. The molecule has 1 aromatic heterocycles. The second-order valence-electron chi connectivity index (χ2n) is 5.99. The highest BCUT2D eigenvalue weighted by molar-refractivity contribution is 6.10. The number of anilines is 1. The summed E-state index contributed by atoms with van der Waals surface area (Å²) >= 11 is 0. The van der Waals surface area contributed by atoms with E-state index in [2.05, 4.69) is 20.6 Å². The van der Waals surface area contributed by atoms with Crippen molar-refractivity contribution in [1.29, 1.82) is 0 Å². The Morgan fingerprint density at radius 3 is 2.70 bits per heavy atom. The van der Waals surface area contributed by atoms with E-state index in [-0.39, 0.29) is 17.7 Å². The minimum absolute atomic E-state index is 0.232. The van der Waals surface area contributed by atoms with Gasteiger partial charge in [-0.3, -0.25) is 15.1 Å². The quantitative estimate of drug-likeness (QED) is 0.546. The van der Waals surface area contributed by atoms with Crippen LogP contribution in [-0.4, -0.2) is 16.9 Å². The Balaban J connectivity index is 1.81. The number of carbonyl (C=O) groups excluding carboxylic acids is 1. The number of benzene rings is 2. The van der Waals surface area contributed by atoms with Crippen molar-refractivity contribution in [3.8, 4) is 0 Å². The van der Waals surface area contributed by atoms with Gasteiger partial charge in [-0.25, -0.2) is 9.38 Å². The van der Waals surface area contributed by atoms with Crippen LogP contribution in [0, 0.1) is 12.7 Å². The molecule has 0 unspecified atom stereocenters. The Morgan fingerprint density at radius 2 is 1.96 bits per heavy atom. The highest BCUT2D eigenvalue weighted by Gasteiger charge is 2.10. The van der Waals surface area contributed by atoms with Gasteiger partial charge in [-0.15, -0.1) is 0 Å². The maximum Gasteiger partial charge on any atom is 0.257 e. The number of rotatable bonds is 4. The van der Waals surface area contributed by atoms with Gasteiger partial charge in [-0.05, 0) is 48.9 Å². The van der Waals surface area contributed by atoms with Gasteiger partial charge < -0.3 is 5.32 Å². The molecule has 0 bridgehead atoms. The van der Waals surface area contributed by atoms with Crippen LogP contribution in [0.25, 0.3) is 0 Å². The molecule has 3 aromatic rings. The van der Waals surface area contributed by atoms with Crippen LogP contribution in [0.2, 0.25) is 0 Å². The molecule has 6 heteroatoms. The Hall–Kier alpha value is -3.54. The van der Waals surface area contributed by atoms with Crippen LogP contribution in [0.5, 0.6) is 0 Å². The van der Waals surface area contributed by atoms with Crippen LogP contribution in [0.1, 0.15) is 21.5 Å². The Labute approximate surface area is 157 Å². The van der Waals surface area contributed by atoms with Crippen molar-refractivity contribution in [2.45, 2.75) is 13.5 Å². The van der Waals surface area contributed by atoms with Crippen molar-refractivity contribution in [2.75, 3.05) is 5.32 Å². The second-order valence-corrected chi connectivity index (χ2v) is 5.99. The fraction of sp³-hybridized carbons (Fsp3) is 0.0952. The van der Waals surface area contributed by atoms with E-state index in [1.165, 1.54) is 12.1 Å². The average Bonchev–Trinajstić information content (AvgIpc) is 2.67. The third-order valence-electron chi connectivity index (χ3n) is 3.74. The summed E-state index contributed by atoms with van der Waals surface area (Å²) in [5, 5.41) is 5.72.